The van der Waals surface area contributed by atoms with E-state index in [1.54, 1.807) is 42.0 Å². The molecule has 0 aliphatic carbocycles. The molecule has 0 spiro atoms. The van der Waals surface area contributed by atoms with Crippen LogP contribution >= 0.6 is 11.6 Å². The molecule has 0 atom stereocenters. The van der Waals surface area contributed by atoms with Crippen LogP contribution in [0.15, 0.2) is 40.2 Å². The minimum absolute atomic E-state index is 0.0410. The van der Waals surface area contributed by atoms with Crippen LogP contribution in [0.1, 0.15) is 31.4 Å². The summed E-state index contributed by atoms with van der Waals surface area (Å²) in [7, 11) is -3.29. The number of benzene rings is 1. The van der Waals surface area contributed by atoms with Gasteiger partial charge in [-0.2, -0.15) is 4.98 Å². The summed E-state index contributed by atoms with van der Waals surface area (Å²) in [5, 5.41) is 3.94. The summed E-state index contributed by atoms with van der Waals surface area (Å²) < 4.78 is 31.3. The summed E-state index contributed by atoms with van der Waals surface area (Å²) in [6.07, 6.45) is 3.03. The van der Waals surface area contributed by atoms with E-state index in [1.807, 2.05) is 6.92 Å². The second-order valence-electron chi connectivity index (χ2n) is 7.49. The summed E-state index contributed by atoms with van der Waals surface area (Å²) >= 11 is 6.18. The quantitative estimate of drug-likeness (QED) is 0.617. The Balaban J connectivity index is 1.74. The smallest absolute Gasteiger partial charge is 0.271 e. The molecule has 0 bridgehead atoms. The van der Waals surface area contributed by atoms with Gasteiger partial charge >= 0.3 is 0 Å². The molecule has 1 aliphatic rings. The van der Waals surface area contributed by atoms with Gasteiger partial charge in [0.05, 0.1) is 10.6 Å². The Bertz CT molecular complexity index is 1300. The number of nitrogens with one attached hydrogen (secondary N) is 1. The van der Waals surface area contributed by atoms with E-state index in [9.17, 15) is 13.2 Å². The largest absolute Gasteiger partial charge is 0.381 e. The van der Waals surface area contributed by atoms with Crippen LogP contribution < -0.4 is 10.9 Å². The van der Waals surface area contributed by atoms with Gasteiger partial charge in [0.25, 0.3) is 5.56 Å². The number of sulfone groups is 1. The molecule has 0 saturated carbocycles. The zero-order valence-electron chi connectivity index (χ0n) is 17.3. The van der Waals surface area contributed by atoms with Gasteiger partial charge in [0.1, 0.15) is 10.7 Å². The molecule has 0 radical (unpaired) electrons. The molecule has 4 rings (SSSR count). The van der Waals surface area contributed by atoms with Crippen LogP contribution in [0.4, 0.5) is 11.6 Å². The first kappa shape index (κ1) is 21.7. The minimum atomic E-state index is -3.29. The van der Waals surface area contributed by atoms with Crippen LogP contribution in [0.5, 0.6) is 0 Å². The average molecular weight is 463 g/mol. The fraction of sp³-hybridized carbons (Fsp3) is 0.381. The second-order valence-corrected chi connectivity index (χ2v) is 10.2. The van der Waals surface area contributed by atoms with E-state index in [4.69, 9.17) is 16.3 Å². The van der Waals surface area contributed by atoms with E-state index in [-0.39, 0.29) is 27.3 Å². The molecule has 1 aliphatic heterocycles. The van der Waals surface area contributed by atoms with E-state index < -0.39 is 9.84 Å². The fourth-order valence-corrected chi connectivity index (χ4v) is 4.86. The van der Waals surface area contributed by atoms with Gasteiger partial charge in [-0.3, -0.25) is 9.36 Å². The summed E-state index contributed by atoms with van der Waals surface area (Å²) in [4.78, 5) is 22.0. The van der Waals surface area contributed by atoms with Crippen LogP contribution in [0, 0.1) is 6.92 Å². The first-order valence-electron chi connectivity index (χ1n) is 10.1. The lowest BCUT2D eigenvalue weighted by atomic mass is 10.1. The predicted octanol–water partition coefficient (Wildman–Crippen LogP) is 3.64. The van der Waals surface area contributed by atoms with Gasteiger partial charge in [-0.15, -0.1) is 0 Å². The van der Waals surface area contributed by atoms with Crippen molar-refractivity contribution in [2.45, 2.75) is 37.6 Å². The average Bonchev–Trinajstić information content (AvgIpc) is 2.77. The van der Waals surface area contributed by atoms with Gasteiger partial charge < -0.3 is 10.1 Å². The van der Waals surface area contributed by atoms with E-state index in [2.05, 4.69) is 15.3 Å². The highest BCUT2D eigenvalue weighted by molar-refractivity contribution is 7.91. The molecule has 3 aromatic rings. The second kappa shape index (κ2) is 8.57. The van der Waals surface area contributed by atoms with Crippen molar-refractivity contribution in [1.29, 1.82) is 0 Å². The Hall–Kier alpha value is -2.49. The molecule has 3 heterocycles. The maximum Gasteiger partial charge on any atom is 0.271 e. The number of fused-ring (bicyclic) bond motifs is 1. The Labute approximate surface area is 185 Å². The molecule has 1 aromatic carbocycles. The van der Waals surface area contributed by atoms with E-state index in [0.29, 0.717) is 48.7 Å². The Kier molecular flexibility index (Phi) is 6.00. The number of ether oxygens (including phenoxy) is 1. The van der Waals surface area contributed by atoms with E-state index in [0.717, 1.165) is 5.56 Å². The highest BCUT2D eigenvalue weighted by atomic mass is 35.5. The molecule has 0 unspecified atom stereocenters. The third-order valence-corrected chi connectivity index (χ3v) is 7.47. The van der Waals surface area contributed by atoms with Crippen molar-refractivity contribution in [3.05, 3.63) is 51.4 Å². The molecule has 2 aromatic heterocycles. The molecular formula is C21H23ClN4O4S. The Morgan fingerprint density at radius 2 is 2.00 bits per heavy atom. The first-order valence-corrected chi connectivity index (χ1v) is 12.1. The number of hydrogen-bond donors (Lipinski definition) is 1. The van der Waals surface area contributed by atoms with Gasteiger partial charge in [0.2, 0.25) is 5.95 Å². The van der Waals surface area contributed by atoms with Gasteiger partial charge in [-0.25, -0.2) is 13.4 Å². The molecule has 1 saturated heterocycles. The molecular weight excluding hydrogens is 440 g/mol. The van der Waals surface area contributed by atoms with Gasteiger partial charge in [-0.1, -0.05) is 18.5 Å². The van der Waals surface area contributed by atoms with Crippen molar-refractivity contribution >= 4 is 44.1 Å². The van der Waals surface area contributed by atoms with E-state index in [1.165, 1.54) is 0 Å². The molecule has 10 heteroatoms. The summed E-state index contributed by atoms with van der Waals surface area (Å²) in [5.41, 5.74) is 1.65. The number of aryl methyl sites for hydroxylation is 1. The lowest BCUT2D eigenvalue weighted by Gasteiger charge is -2.25. The monoisotopic (exact) mass is 462 g/mol. The molecule has 0 amide bonds. The van der Waals surface area contributed by atoms with Crippen LogP contribution in [0.2, 0.25) is 5.02 Å². The summed E-state index contributed by atoms with van der Waals surface area (Å²) in [6.45, 7) is 4.58. The number of anilines is 2. The van der Waals surface area contributed by atoms with Crippen molar-refractivity contribution in [3.63, 3.8) is 0 Å². The van der Waals surface area contributed by atoms with Crippen LogP contribution in [0.3, 0.4) is 0 Å². The van der Waals surface area contributed by atoms with Crippen LogP contribution in [-0.2, 0) is 14.6 Å². The number of pyridine rings is 1. The topological polar surface area (TPSA) is 103 Å². The summed E-state index contributed by atoms with van der Waals surface area (Å²) in [6, 6.07) is 6.41. The maximum absolute atomic E-state index is 12.8. The molecule has 31 heavy (non-hydrogen) atoms. The first-order chi connectivity index (χ1) is 14.8. The molecule has 1 fully saturated rings. The van der Waals surface area contributed by atoms with E-state index >= 15 is 0 Å². The lowest BCUT2D eigenvalue weighted by Crippen LogP contribution is -2.30. The van der Waals surface area contributed by atoms with Crippen molar-refractivity contribution in [3.8, 4) is 0 Å². The number of hydrogen-bond acceptors (Lipinski definition) is 7. The fourth-order valence-electron chi connectivity index (χ4n) is 3.69. The van der Waals surface area contributed by atoms with Gasteiger partial charge in [0, 0.05) is 36.5 Å². The maximum atomic E-state index is 12.8. The minimum Gasteiger partial charge on any atom is -0.381 e. The highest BCUT2D eigenvalue weighted by Crippen LogP contribution is 2.27. The normalized spacial score (nSPS) is 15.3. The summed E-state index contributed by atoms with van der Waals surface area (Å²) in [5.74, 6) is 0.350. The van der Waals surface area contributed by atoms with Crippen molar-refractivity contribution in [2.24, 2.45) is 0 Å². The van der Waals surface area contributed by atoms with Crippen LogP contribution in [0.25, 0.3) is 11.0 Å². The molecule has 8 nitrogen and oxygen atoms in total. The molecule has 164 valence electrons. The zero-order chi connectivity index (χ0) is 22.2. The van der Waals surface area contributed by atoms with Crippen molar-refractivity contribution in [2.75, 3.05) is 24.3 Å². The number of aromatic nitrogens is 3. The third-order valence-electron chi connectivity index (χ3n) is 5.47. The number of nitrogens with zero attached hydrogens (tertiary/aromatic N) is 3. The van der Waals surface area contributed by atoms with Crippen molar-refractivity contribution < 1.29 is 13.2 Å². The number of halogens is 1. The molecule has 1 N–H and O–H groups in total. The van der Waals surface area contributed by atoms with Crippen molar-refractivity contribution in [1.82, 2.24) is 14.5 Å². The standard InChI is InChI=1S/C21H23ClN4O4S/c1-3-31(28,29)16-4-5-18(13(2)10-16)24-21-23-12-14-11-17(22)20(27)26(19(14)25-21)15-6-8-30-9-7-15/h4-5,10-12,15H,3,6-9H2,1-2H3,(H,23,24,25). The SMILES string of the molecule is CCS(=O)(=O)c1ccc(Nc2ncc3cc(Cl)c(=O)n(C4CCOCC4)c3n2)c(C)c1. The number of rotatable bonds is 5. The predicted molar refractivity (Wildman–Crippen MR) is 120 cm³/mol. The van der Waals surface area contributed by atoms with Gasteiger partial charge in [-0.05, 0) is 49.6 Å². The third kappa shape index (κ3) is 4.30. The lowest BCUT2D eigenvalue weighted by molar-refractivity contribution is 0.0697. The highest BCUT2D eigenvalue weighted by Gasteiger charge is 2.22. The van der Waals surface area contributed by atoms with Gasteiger partial charge in [0.15, 0.2) is 9.84 Å². The van der Waals surface area contributed by atoms with Crippen LogP contribution in [-0.4, -0.2) is 41.9 Å². The Morgan fingerprint density at radius 1 is 1.26 bits per heavy atom. The Morgan fingerprint density at radius 3 is 2.68 bits per heavy atom. The zero-order valence-corrected chi connectivity index (χ0v) is 18.8.